The lowest BCUT2D eigenvalue weighted by Crippen LogP contribution is -2.15. The molecule has 7 heteroatoms. The summed E-state index contributed by atoms with van der Waals surface area (Å²) < 4.78 is 15.4. The average Bonchev–Trinajstić information content (AvgIpc) is 2.94. The van der Waals surface area contributed by atoms with Crippen LogP contribution in [0.15, 0.2) is 54.0 Å². The summed E-state index contributed by atoms with van der Waals surface area (Å²) in [5.41, 5.74) is 2.05. The summed E-state index contributed by atoms with van der Waals surface area (Å²) in [6.45, 7) is 6.66. The van der Waals surface area contributed by atoms with Gasteiger partial charge in [-0.25, -0.2) is 9.59 Å². The molecule has 27 heavy (non-hydrogen) atoms. The van der Waals surface area contributed by atoms with Gasteiger partial charge < -0.3 is 19.1 Å². The molecule has 1 aliphatic rings. The first-order valence-electron chi connectivity index (χ1n) is 8.17. The fraction of sp³-hybridized carbons (Fsp3) is 0.250. The molecule has 0 amide bonds. The molecule has 140 valence electrons. The van der Waals surface area contributed by atoms with Gasteiger partial charge in [0.05, 0.1) is 5.69 Å². The quantitative estimate of drug-likeness (QED) is 0.330. The van der Waals surface area contributed by atoms with Crippen molar-refractivity contribution in [3.63, 3.8) is 0 Å². The van der Waals surface area contributed by atoms with Crippen molar-refractivity contribution < 1.29 is 23.8 Å². The molecule has 1 aliphatic heterocycles. The van der Waals surface area contributed by atoms with Crippen molar-refractivity contribution in [3.8, 4) is 11.8 Å². The molecule has 0 atom stereocenters. The van der Waals surface area contributed by atoms with Gasteiger partial charge >= 0.3 is 11.9 Å². The molecule has 2 rings (SSSR count). The highest BCUT2D eigenvalue weighted by Crippen LogP contribution is 2.38. The maximum absolute atomic E-state index is 11.9. The first kappa shape index (κ1) is 19.8. The number of carbonyl (C=O) groups excluding carboxylic acids is 2. The fourth-order valence-corrected chi connectivity index (χ4v) is 2.20. The second-order valence-electron chi connectivity index (χ2n) is 5.88. The van der Waals surface area contributed by atoms with E-state index in [-0.39, 0.29) is 24.4 Å². The highest BCUT2D eigenvalue weighted by molar-refractivity contribution is 5.93. The normalized spacial score (nSPS) is 14.2. The summed E-state index contributed by atoms with van der Waals surface area (Å²) in [7, 11) is 1.82. The van der Waals surface area contributed by atoms with Crippen molar-refractivity contribution in [1.29, 1.82) is 5.26 Å². The third kappa shape index (κ3) is 4.98. The minimum absolute atomic E-state index is 0.113. The van der Waals surface area contributed by atoms with E-state index in [1.54, 1.807) is 6.07 Å². The first-order chi connectivity index (χ1) is 12.8. The number of ether oxygens (including phenoxy) is 3. The molecule has 0 unspecified atom stereocenters. The number of hydrogen-bond donors (Lipinski definition) is 0. The van der Waals surface area contributed by atoms with Crippen molar-refractivity contribution in [2.75, 3.05) is 25.2 Å². The van der Waals surface area contributed by atoms with Gasteiger partial charge in [0.2, 0.25) is 0 Å². The van der Waals surface area contributed by atoms with Crippen molar-refractivity contribution >= 4 is 17.6 Å². The lowest BCUT2D eigenvalue weighted by molar-refractivity contribution is -0.147. The van der Waals surface area contributed by atoms with Gasteiger partial charge in [0, 0.05) is 18.7 Å². The van der Waals surface area contributed by atoms with Crippen LogP contribution in [0.4, 0.5) is 5.69 Å². The zero-order chi connectivity index (χ0) is 20.0. The summed E-state index contributed by atoms with van der Waals surface area (Å²) in [4.78, 5) is 25.0. The van der Waals surface area contributed by atoms with Crippen LogP contribution < -0.4 is 9.64 Å². The molecule has 0 aliphatic carbocycles. The van der Waals surface area contributed by atoms with E-state index in [0.29, 0.717) is 11.6 Å². The van der Waals surface area contributed by atoms with Crippen LogP contribution in [-0.2, 0) is 19.1 Å². The Morgan fingerprint density at radius 1 is 1.30 bits per heavy atom. The Kier molecular flexibility index (Phi) is 6.39. The van der Waals surface area contributed by atoms with Crippen LogP contribution in [0.2, 0.25) is 0 Å². The number of esters is 2. The predicted molar refractivity (Wildman–Crippen MR) is 98.7 cm³/mol. The number of nitrogens with zero attached hydrogens (tertiary/aromatic N) is 2. The summed E-state index contributed by atoms with van der Waals surface area (Å²) in [5.74, 6) is -0.201. The molecule has 1 heterocycles. The summed E-state index contributed by atoms with van der Waals surface area (Å²) >= 11 is 0. The van der Waals surface area contributed by atoms with Gasteiger partial charge in [0.15, 0.2) is 11.6 Å². The maximum Gasteiger partial charge on any atom is 0.349 e. The van der Waals surface area contributed by atoms with Crippen LogP contribution in [0, 0.1) is 18.3 Å². The number of carbonyl (C=O) groups is 2. The smallest absolute Gasteiger partial charge is 0.349 e. The summed E-state index contributed by atoms with van der Waals surface area (Å²) in [5, 5.41) is 9.16. The molecule has 0 aromatic heterocycles. The average molecular weight is 368 g/mol. The fourth-order valence-electron chi connectivity index (χ4n) is 2.20. The van der Waals surface area contributed by atoms with E-state index in [1.807, 2.05) is 37.1 Å². The number of allylic oxidation sites excluding steroid dienone is 2. The lowest BCUT2D eigenvalue weighted by Gasteiger charge is -2.10. The van der Waals surface area contributed by atoms with E-state index >= 15 is 0 Å². The van der Waals surface area contributed by atoms with Gasteiger partial charge in [0.1, 0.15) is 24.9 Å². The van der Waals surface area contributed by atoms with E-state index < -0.39 is 11.9 Å². The molecule has 0 spiro atoms. The third-order valence-corrected chi connectivity index (χ3v) is 3.65. The highest BCUT2D eigenvalue weighted by Gasteiger charge is 2.22. The second kappa shape index (κ2) is 8.72. The predicted octanol–water partition coefficient (Wildman–Crippen LogP) is 2.78. The van der Waals surface area contributed by atoms with Gasteiger partial charge in [-0.3, -0.25) is 0 Å². The largest absolute Gasteiger partial charge is 0.459 e. The van der Waals surface area contributed by atoms with E-state index in [9.17, 15) is 9.59 Å². The van der Waals surface area contributed by atoms with Gasteiger partial charge in [-0.1, -0.05) is 12.6 Å². The number of nitriles is 1. The lowest BCUT2D eigenvalue weighted by atomic mass is 10.2. The Balaban J connectivity index is 1.97. The molecular weight excluding hydrogens is 348 g/mol. The standard InChI is InChI=1S/C20H20N2O5/c1-13(2)19(23)25-9-10-26-20(24)15(12-21)6-8-18-22(4)16-11-14(3)5-7-17(16)27-18/h5-8,11H,1,9-10H2,2-4H3/b15-6+,18-8-. The van der Waals surface area contributed by atoms with Crippen LogP contribution in [-0.4, -0.2) is 32.2 Å². The van der Waals surface area contributed by atoms with E-state index in [2.05, 4.69) is 6.58 Å². The maximum atomic E-state index is 11.9. The van der Waals surface area contributed by atoms with Crippen LogP contribution in [0.1, 0.15) is 12.5 Å². The van der Waals surface area contributed by atoms with E-state index in [1.165, 1.54) is 19.1 Å². The summed E-state index contributed by atoms with van der Waals surface area (Å²) in [6.07, 6.45) is 2.85. The monoisotopic (exact) mass is 368 g/mol. The minimum atomic E-state index is -0.810. The Morgan fingerprint density at radius 3 is 2.59 bits per heavy atom. The van der Waals surface area contributed by atoms with Crippen LogP contribution in [0.25, 0.3) is 0 Å². The van der Waals surface area contributed by atoms with Crippen molar-refractivity contribution in [2.24, 2.45) is 0 Å². The second-order valence-corrected chi connectivity index (χ2v) is 5.88. The van der Waals surface area contributed by atoms with Crippen LogP contribution in [0.3, 0.4) is 0 Å². The topological polar surface area (TPSA) is 88.9 Å². The molecule has 0 fully saturated rings. The van der Waals surface area contributed by atoms with Crippen LogP contribution >= 0.6 is 0 Å². The van der Waals surface area contributed by atoms with Gasteiger partial charge in [-0.2, -0.15) is 5.26 Å². The zero-order valence-electron chi connectivity index (χ0n) is 15.4. The Bertz CT molecular complexity index is 877. The number of rotatable bonds is 6. The van der Waals surface area contributed by atoms with Gasteiger partial charge in [-0.15, -0.1) is 0 Å². The molecule has 0 bridgehead atoms. The first-order valence-corrected chi connectivity index (χ1v) is 8.17. The summed E-state index contributed by atoms with van der Waals surface area (Å²) in [6, 6.07) is 7.56. The molecule has 0 radical (unpaired) electrons. The third-order valence-electron chi connectivity index (χ3n) is 3.65. The zero-order valence-corrected chi connectivity index (χ0v) is 15.4. The number of anilines is 1. The SMILES string of the molecule is C=C(C)C(=O)OCCOC(=O)/C(C#N)=C/C=C1\Oc2ccc(C)cc2N1C. The minimum Gasteiger partial charge on any atom is -0.459 e. The molecule has 0 saturated carbocycles. The molecular formula is C20H20N2O5. The van der Waals surface area contributed by atoms with Crippen molar-refractivity contribution in [2.45, 2.75) is 13.8 Å². The Morgan fingerprint density at radius 2 is 1.96 bits per heavy atom. The Hall–Kier alpha value is -3.53. The number of hydrogen-bond acceptors (Lipinski definition) is 7. The van der Waals surface area contributed by atoms with Gasteiger partial charge in [-0.05, 0) is 37.6 Å². The number of fused-ring (bicyclic) bond motifs is 1. The number of aryl methyl sites for hydroxylation is 1. The Labute approximate surface area is 157 Å². The molecule has 0 saturated heterocycles. The highest BCUT2D eigenvalue weighted by atomic mass is 16.6. The molecule has 0 N–H and O–H groups in total. The molecule has 1 aromatic carbocycles. The van der Waals surface area contributed by atoms with Crippen LogP contribution in [0.5, 0.6) is 5.75 Å². The van der Waals surface area contributed by atoms with Crippen molar-refractivity contribution in [3.05, 3.63) is 59.5 Å². The molecule has 7 nitrogen and oxygen atoms in total. The van der Waals surface area contributed by atoms with E-state index in [0.717, 1.165) is 11.3 Å². The van der Waals surface area contributed by atoms with Gasteiger partial charge in [0.25, 0.3) is 0 Å². The van der Waals surface area contributed by atoms with E-state index in [4.69, 9.17) is 19.5 Å². The van der Waals surface area contributed by atoms with Crippen molar-refractivity contribution in [1.82, 2.24) is 0 Å². The number of benzene rings is 1. The molecule has 1 aromatic rings.